The molecule has 0 spiro atoms. The smallest absolute Gasteiger partial charge is 0.266 e. The van der Waals surface area contributed by atoms with Crippen molar-refractivity contribution >= 4 is 69.6 Å². The number of carboxylic acids is 1. The van der Waals surface area contributed by atoms with Gasteiger partial charge < -0.3 is 15.2 Å². The summed E-state index contributed by atoms with van der Waals surface area (Å²) >= 11 is 7.77. The zero-order chi connectivity index (χ0) is 19.3. The van der Waals surface area contributed by atoms with Crippen molar-refractivity contribution in [2.24, 2.45) is 0 Å². The van der Waals surface area contributed by atoms with Crippen LogP contribution in [0.3, 0.4) is 0 Å². The molecular formula is C17H17N2O4S3-. The average Bonchev–Trinajstić information content (AvgIpc) is 2.84. The van der Waals surface area contributed by atoms with Crippen LogP contribution in [0.25, 0.3) is 6.08 Å². The highest BCUT2D eigenvalue weighted by Crippen LogP contribution is 2.34. The van der Waals surface area contributed by atoms with Crippen molar-refractivity contribution in [3.05, 3.63) is 34.7 Å². The maximum absolute atomic E-state index is 12.6. The van der Waals surface area contributed by atoms with Gasteiger partial charge in [-0.1, -0.05) is 36.1 Å². The SMILES string of the molecule is CSCC[C@H](C(=O)[O-])N1C(=O)/C(=C\c2ccc(NC(C)=O)cc2)SC1=S. The Labute approximate surface area is 165 Å². The summed E-state index contributed by atoms with van der Waals surface area (Å²) in [7, 11) is 0. The van der Waals surface area contributed by atoms with Crippen molar-refractivity contribution in [1.82, 2.24) is 4.90 Å². The molecule has 9 heteroatoms. The highest BCUT2D eigenvalue weighted by molar-refractivity contribution is 8.26. The first-order valence-corrected chi connectivity index (χ1v) is 10.3. The molecule has 1 aliphatic rings. The second-order valence-electron chi connectivity index (χ2n) is 5.47. The number of hydrogen-bond donors (Lipinski definition) is 1. The maximum atomic E-state index is 12.6. The highest BCUT2D eigenvalue weighted by atomic mass is 32.2. The minimum absolute atomic E-state index is 0.169. The molecule has 0 radical (unpaired) electrons. The van der Waals surface area contributed by atoms with E-state index in [1.807, 2.05) is 6.26 Å². The molecule has 2 rings (SSSR count). The fourth-order valence-electron chi connectivity index (χ4n) is 2.35. The lowest BCUT2D eigenvalue weighted by molar-refractivity contribution is -0.310. The summed E-state index contributed by atoms with van der Waals surface area (Å²) in [6.45, 7) is 1.42. The van der Waals surface area contributed by atoms with Gasteiger partial charge in [0, 0.05) is 12.6 Å². The molecule has 2 amide bonds. The zero-order valence-corrected chi connectivity index (χ0v) is 16.6. The van der Waals surface area contributed by atoms with Gasteiger partial charge in [-0.15, -0.1) is 0 Å². The summed E-state index contributed by atoms with van der Waals surface area (Å²) in [6.07, 6.45) is 3.79. The van der Waals surface area contributed by atoms with Crippen LogP contribution in [0.1, 0.15) is 18.9 Å². The molecule has 6 nitrogen and oxygen atoms in total. The lowest BCUT2D eigenvalue weighted by Crippen LogP contribution is -2.50. The minimum atomic E-state index is -1.31. The lowest BCUT2D eigenvalue weighted by atomic mass is 10.1. The summed E-state index contributed by atoms with van der Waals surface area (Å²) in [6, 6.07) is 5.87. The molecule has 1 atom stereocenters. The minimum Gasteiger partial charge on any atom is -0.548 e. The first kappa shape index (κ1) is 20.5. The van der Waals surface area contributed by atoms with Gasteiger partial charge in [-0.25, -0.2) is 0 Å². The van der Waals surface area contributed by atoms with Gasteiger partial charge in [0.15, 0.2) is 0 Å². The number of carboxylic acid groups (broad SMARTS) is 1. The first-order chi connectivity index (χ1) is 12.3. The van der Waals surface area contributed by atoms with E-state index in [1.54, 1.807) is 30.3 Å². The zero-order valence-electron chi connectivity index (χ0n) is 14.2. The predicted molar refractivity (Wildman–Crippen MR) is 108 cm³/mol. The molecule has 0 unspecified atom stereocenters. The lowest BCUT2D eigenvalue weighted by Gasteiger charge is -2.27. The molecule has 138 valence electrons. The molecule has 0 aromatic heterocycles. The maximum Gasteiger partial charge on any atom is 0.266 e. The Morgan fingerprint density at radius 1 is 1.38 bits per heavy atom. The number of carbonyl (C=O) groups excluding carboxylic acids is 3. The molecule has 26 heavy (non-hydrogen) atoms. The molecule has 1 saturated heterocycles. The third-order valence-electron chi connectivity index (χ3n) is 3.53. The van der Waals surface area contributed by atoms with Crippen molar-refractivity contribution in [3.8, 4) is 0 Å². The Kier molecular flexibility index (Phi) is 7.24. The monoisotopic (exact) mass is 409 g/mol. The van der Waals surface area contributed by atoms with Gasteiger partial charge in [0.2, 0.25) is 5.91 Å². The first-order valence-electron chi connectivity index (χ1n) is 7.68. The molecule has 1 heterocycles. The Balaban J connectivity index is 2.20. The summed E-state index contributed by atoms with van der Waals surface area (Å²) in [5.74, 6) is -1.32. The molecule has 1 aromatic rings. The summed E-state index contributed by atoms with van der Waals surface area (Å²) < 4.78 is 0.214. The predicted octanol–water partition coefficient (Wildman–Crippen LogP) is 1.72. The van der Waals surface area contributed by atoms with E-state index in [1.165, 1.54) is 18.7 Å². The number of benzene rings is 1. The number of hydrogen-bond acceptors (Lipinski definition) is 7. The quantitative estimate of drug-likeness (QED) is 0.542. The summed E-state index contributed by atoms with van der Waals surface area (Å²) in [5.41, 5.74) is 1.39. The second-order valence-corrected chi connectivity index (χ2v) is 8.13. The third kappa shape index (κ3) is 5.09. The number of thiocarbonyl (C=S) groups is 1. The number of thioether (sulfide) groups is 2. The number of nitrogens with one attached hydrogen (secondary N) is 1. The van der Waals surface area contributed by atoms with E-state index in [4.69, 9.17) is 12.2 Å². The van der Waals surface area contributed by atoms with Gasteiger partial charge in [-0.05, 0) is 42.2 Å². The van der Waals surface area contributed by atoms with E-state index in [-0.39, 0.29) is 16.6 Å². The third-order valence-corrected chi connectivity index (χ3v) is 5.51. The molecule has 1 fully saturated rings. The van der Waals surface area contributed by atoms with Crippen LogP contribution in [0, 0.1) is 0 Å². The number of nitrogens with zero attached hydrogens (tertiary/aromatic N) is 1. The highest BCUT2D eigenvalue weighted by Gasteiger charge is 2.37. The molecule has 0 aliphatic carbocycles. The molecular weight excluding hydrogens is 392 g/mol. The van der Waals surface area contributed by atoms with Gasteiger partial charge in [0.1, 0.15) is 4.32 Å². The Morgan fingerprint density at radius 2 is 2.04 bits per heavy atom. The average molecular weight is 410 g/mol. The second kappa shape index (κ2) is 9.20. The van der Waals surface area contributed by atoms with Crippen LogP contribution in [0.5, 0.6) is 0 Å². The molecule has 0 saturated carbocycles. The molecule has 1 N–H and O–H groups in total. The van der Waals surface area contributed by atoms with Gasteiger partial charge in [-0.2, -0.15) is 11.8 Å². The fraction of sp³-hybridized carbons (Fsp3) is 0.294. The van der Waals surface area contributed by atoms with E-state index in [9.17, 15) is 19.5 Å². The van der Waals surface area contributed by atoms with Crippen LogP contribution < -0.4 is 10.4 Å². The van der Waals surface area contributed by atoms with E-state index >= 15 is 0 Å². The van der Waals surface area contributed by atoms with Crippen LogP contribution in [0.2, 0.25) is 0 Å². The van der Waals surface area contributed by atoms with Crippen molar-refractivity contribution in [2.75, 3.05) is 17.3 Å². The molecule has 1 aromatic carbocycles. The normalized spacial score (nSPS) is 16.8. The Hall–Kier alpha value is -1.84. The van der Waals surface area contributed by atoms with Crippen molar-refractivity contribution < 1.29 is 19.5 Å². The van der Waals surface area contributed by atoms with Gasteiger partial charge in [-0.3, -0.25) is 14.5 Å². The van der Waals surface area contributed by atoms with E-state index < -0.39 is 17.9 Å². The molecule has 1 aliphatic heterocycles. The summed E-state index contributed by atoms with van der Waals surface area (Å²) in [5, 5.41) is 14.1. The van der Waals surface area contributed by atoms with Crippen LogP contribution >= 0.6 is 35.7 Å². The van der Waals surface area contributed by atoms with Crippen LogP contribution in [0.15, 0.2) is 29.2 Å². The largest absolute Gasteiger partial charge is 0.548 e. The van der Waals surface area contributed by atoms with Crippen LogP contribution in [-0.4, -0.2) is 45.1 Å². The Morgan fingerprint density at radius 3 is 2.58 bits per heavy atom. The number of amides is 2. The van der Waals surface area contributed by atoms with E-state index in [0.29, 0.717) is 16.3 Å². The van der Waals surface area contributed by atoms with Crippen LogP contribution in [-0.2, 0) is 14.4 Å². The van der Waals surface area contributed by atoms with Crippen LogP contribution in [0.4, 0.5) is 5.69 Å². The van der Waals surface area contributed by atoms with Crippen molar-refractivity contribution in [1.29, 1.82) is 0 Å². The Bertz CT molecular complexity index is 762. The van der Waals surface area contributed by atoms with Gasteiger partial charge >= 0.3 is 0 Å². The number of rotatable bonds is 7. The number of aliphatic carboxylic acids is 1. The van der Waals surface area contributed by atoms with Gasteiger partial charge in [0.05, 0.1) is 16.9 Å². The standard InChI is InChI=1S/C17H18N2O4S3/c1-10(20)18-12-5-3-11(4-6-12)9-14-15(21)19(17(24)26-14)13(16(22)23)7-8-25-2/h3-6,9,13H,7-8H2,1-2H3,(H,18,20)(H,22,23)/p-1/b14-9+/t13-/m1/s1. The van der Waals surface area contributed by atoms with Gasteiger partial charge in [0.25, 0.3) is 5.91 Å². The fourth-order valence-corrected chi connectivity index (χ4v) is 4.16. The topological polar surface area (TPSA) is 89.5 Å². The van der Waals surface area contributed by atoms with E-state index in [2.05, 4.69) is 5.32 Å². The van der Waals surface area contributed by atoms with Crippen molar-refractivity contribution in [2.45, 2.75) is 19.4 Å². The van der Waals surface area contributed by atoms with E-state index in [0.717, 1.165) is 22.2 Å². The summed E-state index contributed by atoms with van der Waals surface area (Å²) in [4.78, 5) is 36.6. The van der Waals surface area contributed by atoms with Crippen molar-refractivity contribution in [3.63, 3.8) is 0 Å². The number of carbonyl (C=O) groups is 3. The molecule has 0 bridgehead atoms. The number of anilines is 1.